The van der Waals surface area contributed by atoms with E-state index in [2.05, 4.69) is 32.5 Å². The van der Waals surface area contributed by atoms with Crippen molar-refractivity contribution in [3.8, 4) is 0 Å². The van der Waals surface area contributed by atoms with Gasteiger partial charge >= 0.3 is 0 Å². The highest BCUT2D eigenvalue weighted by atomic mass is 35.5. The number of hydrogen-bond donors (Lipinski definition) is 3. The van der Waals surface area contributed by atoms with Crippen LogP contribution in [0.1, 0.15) is 43.7 Å². The number of halogens is 1. The first-order chi connectivity index (χ1) is 17.2. The Kier molecular flexibility index (Phi) is 6.76. The van der Waals surface area contributed by atoms with Crippen LogP contribution in [0.4, 0.5) is 0 Å². The Labute approximate surface area is 218 Å². The van der Waals surface area contributed by atoms with Gasteiger partial charge in [-0.15, -0.1) is 11.3 Å². The third-order valence-electron chi connectivity index (χ3n) is 6.93. The van der Waals surface area contributed by atoms with Gasteiger partial charge in [0, 0.05) is 60.3 Å². The van der Waals surface area contributed by atoms with Crippen molar-refractivity contribution in [1.82, 2.24) is 30.4 Å². The highest BCUT2D eigenvalue weighted by Crippen LogP contribution is 2.30. The number of carbonyl (C=O) groups is 3. The number of amides is 3. The van der Waals surface area contributed by atoms with Gasteiger partial charge in [-0.1, -0.05) is 11.6 Å². The second-order valence-corrected chi connectivity index (χ2v) is 11.4. The molecule has 5 rings (SSSR count). The van der Waals surface area contributed by atoms with Crippen LogP contribution in [0.3, 0.4) is 0 Å². The summed E-state index contributed by atoms with van der Waals surface area (Å²) in [6.45, 7) is 1.71. The fourth-order valence-corrected chi connectivity index (χ4v) is 6.32. The van der Waals surface area contributed by atoms with Crippen LogP contribution in [0.25, 0.3) is 10.9 Å². The molecule has 190 valence electrons. The molecule has 3 amide bonds. The normalized spacial score (nSPS) is 21.8. The van der Waals surface area contributed by atoms with Gasteiger partial charge in [0.1, 0.15) is 5.69 Å². The molecule has 11 heteroatoms. The molecule has 2 aliphatic rings. The summed E-state index contributed by atoms with van der Waals surface area (Å²) >= 11 is 7.49. The van der Waals surface area contributed by atoms with E-state index in [1.165, 1.54) is 11.3 Å². The summed E-state index contributed by atoms with van der Waals surface area (Å²) in [6.07, 6.45) is 1.72. The Morgan fingerprint density at radius 1 is 1.14 bits per heavy atom. The van der Waals surface area contributed by atoms with Crippen molar-refractivity contribution in [2.24, 2.45) is 5.92 Å². The molecule has 1 aliphatic carbocycles. The highest BCUT2D eigenvalue weighted by molar-refractivity contribution is 7.13. The van der Waals surface area contributed by atoms with Crippen LogP contribution in [0, 0.1) is 5.92 Å². The number of fused-ring (bicyclic) bond motifs is 2. The van der Waals surface area contributed by atoms with Gasteiger partial charge in [-0.05, 0) is 44.2 Å². The van der Waals surface area contributed by atoms with Crippen LogP contribution in [0.15, 0.2) is 24.3 Å². The average molecular weight is 529 g/mol. The van der Waals surface area contributed by atoms with Crippen LogP contribution in [-0.4, -0.2) is 77.3 Å². The molecule has 1 aromatic carbocycles. The van der Waals surface area contributed by atoms with Crippen LogP contribution < -0.4 is 10.6 Å². The zero-order chi connectivity index (χ0) is 25.6. The number of rotatable bonds is 5. The van der Waals surface area contributed by atoms with Gasteiger partial charge in [0.15, 0.2) is 5.01 Å². The smallest absolute Gasteiger partial charge is 0.280 e. The summed E-state index contributed by atoms with van der Waals surface area (Å²) in [6, 6.07) is 6.34. The standard InChI is InChI=1S/C25H29ClN6O3S/c1-31(2)25(35)14-10-18(28-22(33)20-9-13-8-15(26)4-5-16(13)27-20)19(11-14)29-23(34)24-30-17-6-7-32(3)12-21(17)36-24/h4-5,8-9,14,18-19,27H,6-7,10-12H2,1-3H3,(H,28,33)(H,29,34)/t14?,18-,19-/m1/s1. The Morgan fingerprint density at radius 2 is 1.86 bits per heavy atom. The number of thiazole rings is 1. The van der Waals surface area contributed by atoms with Crippen molar-refractivity contribution in [3.63, 3.8) is 0 Å². The number of H-pyrrole nitrogens is 1. The average Bonchev–Trinajstić information content (AvgIpc) is 3.54. The number of likely N-dealkylation sites (N-methyl/N-ethyl adjacent to an activating group) is 1. The molecule has 0 spiro atoms. The van der Waals surface area contributed by atoms with E-state index >= 15 is 0 Å². The molecule has 2 aromatic heterocycles. The van der Waals surface area contributed by atoms with Crippen LogP contribution in [-0.2, 0) is 17.8 Å². The number of aromatic nitrogens is 2. The van der Waals surface area contributed by atoms with Crippen molar-refractivity contribution < 1.29 is 14.4 Å². The molecule has 1 unspecified atom stereocenters. The third kappa shape index (κ3) is 4.98. The van der Waals surface area contributed by atoms with Gasteiger partial charge < -0.3 is 25.4 Å². The zero-order valence-corrected chi connectivity index (χ0v) is 22.0. The lowest BCUT2D eigenvalue weighted by atomic mass is 10.1. The first-order valence-electron chi connectivity index (χ1n) is 12.0. The number of nitrogens with zero attached hydrogens (tertiary/aromatic N) is 3. The quantitative estimate of drug-likeness (QED) is 0.471. The maximum Gasteiger partial charge on any atom is 0.280 e. The van der Waals surface area contributed by atoms with E-state index in [4.69, 9.17) is 11.6 Å². The lowest BCUT2D eigenvalue weighted by molar-refractivity contribution is -0.132. The lowest BCUT2D eigenvalue weighted by Crippen LogP contribution is -2.48. The fraction of sp³-hybridized carbons (Fsp3) is 0.440. The molecule has 9 nitrogen and oxygen atoms in total. The van der Waals surface area contributed by atoms with Crippen molar-refractivity contribution in [1.29, 1.82) is 0 Å². The van der Waals surface area contributed by atoms with E-state index in [1.54, 1.807) is 37.2 Å². The van der Waals surface area contributed by atoms with Crippen molar-refractivity contribution in [3.05, 3.63) is 50.6 Å². The van der Waals surface area contributed by atoms with E-state index in [-0.39, 0.29) is 23.6 Å². The van der Waals surface area contributed by atoms with Crippen molar-refractivity contribution in [2.45, 2.75) is 37.9 Å². The summed E-state index contributed by atoms with van der Waals surface area (Å²) in [5.74, 6) is -0.869. The molecule has 3 heterocycles. The van der Waals surface area contributed by atoms with Crippen LogP contribution in [0.2, 0.25) is 5.02 Å². The second-order valence-electron chi connectivity index (χ2n) is 9.85. The van der Waals surface area contributed by atoms with Gasteiger partial charge in [0.25, 0.3) is 11.8 Å². The molecule has 0 saturated heterocycles. The number of aromatic amines is 1. The summed E-state index contributed by atoms with van der Waals surface area (Å²) in [7, 11) is 5.49. The summed E-state index contributed by atoms with van der Waals surface area (Å²) in [5.41, 5.74) is 2.19. The fourth-order valence-electron chi connectivity index (χ4n) is 5.05. The monoisotopic (exact) mass is 528 g/mol. The zero-order valence-electron chi connectivity index (χ0n) is 20.4. The van der Waals surface area contributed by atoms with Gasteiger partial charge in [-0.2, -0.15) is 0 Å². The molecule has 3 atom stereocenters. The van der Waals surface area contributed by atoms with Gasteiger partial charge in [0.2, 0.25) is 5.91 Å². The van der Waals surface area contributed by atoms with Crippen molar-refractivity contribution >= 4 is 51.6 Å². The SMILES string of the molecule is CN1CCc2nc(C(=O)N[C@@H]3CC(C(=O)N(C)C)C[C@H]3NC(=O)c3cc4cc(Cl)ccc4[nH]3)sc2C1. The molecule has 36 heavy (non-hydrogen) atoms. The number of nitrogens with one attached hydrogen (secondary N) is 3. The molecular formula is C25H29ClN6O3S. The van der Waals surface area contributed by atoms with Crippen molar-refractivity contribution in [2.75, 3.05) is 27.7 Å². The number of hydrogen-bond acceptors (Lipinski definition) is 6. The van der Waals surface area contributed by atoms with E-state index in [0.29, 0.717) is 28.6 Å². The van der Waals surface area contributed by atoms with Crippen LogP contribution >= 0.6 is 22.9 Å². The lowest BCUT2D eigenvalue weighted by Gasteiger charge is -2.21. The van der Waals surface area contributed by atoms with E-state index in [1.807, 2.05) is 6.07 Å². The molecule has 1 aliphatic heterocycles. The minimum atomic E-state index is -0.397. The Morgan fingerprint density at radius 3 is 2.58 bits per heavy atom. The highest BCUT2D eigenvalue weighted by Gasteiger charge is 2.40. The first-order valence-corrected chi connectivity index (χ1v) is 13.2. The maximum atomic E-state index is 13.2. The van der Waals surface area contributed by atoms with E-state index in [9.17, 15) is 14.4 Å². The summed E-state index contributed by atoms with van der Waals surface area (Å²) < 4.78 is 0. The Bertz CT molecular complexity index is 1330. The largest absolute Gasteiger partial charge is 0.351 e. The minimum Gasteiger partial charge on any atom is -0.351 e. The summed E-state index contributed by atoms with van der Waals surface area (Å²) in [4.78, 5) is 51.6. The van der Waals surface area contributed by atoms with Crippen LogP contribution in [0.5, 0.6) is 0 Å². The van der Waals surface area contributed by atoms with Gasteiger partial charge in [-0.25, -0.2) is 4.98 Å². The van der Waals surface area contributed by atoms with E-state index < -0.39 is 12.1 Å². The molecule has 3 N–H and O–H groups in total. The second kappa shape index (κ2) is 9.84. The molecule has 0 radical (unpaired) electrons. The minimum absolute atomic E-state index is 0.0148. The van der Waals surface area contributed by atoms with Gasteiger partial charge in [0.05, 0.1) is 17.8 Å². The number of carbonyl (C=O) groups excluding carboxylic acids is 3. The third-order valence-corrected chi connectivity index (χ3v) is 8.25. The molecule has 1 fully saturated rings. The predicted octanol–water partition coefficient (Wildman–Crippen LogP) is 2.66. The summed E-state index contributed by atoms with van der Waals surface area (Å²) in [5, 5.41) is 7.96. The number of benzene rings is 1. The molecule has 1 saturated carbocycles. The Balaban J connectivity index is 1.33. The maximum absolute atomic E-state index is 13.2. The molecule has 3 aromatic rings. The predicted molar refractivity (Wildman–Crippen MR) is 139 cm³/mol. The van der Waals surface area contributed by atoms with E-state index in [0.717, 1.165) is 41.0 Å². The Hall–Kier alpha value is -2.95. The first kappa shape index (κ1) is 24.7. The van der Waals surface area contributed by atoms with Gasteiger partial charge in [-0.3, -0.25) is 14.4 Å². The molecule has 0 bridgehead atoms. The molecular weight excluding hydrogens is 500 g/mol. The topological polar surface area (TPSA) is 110 Å².